The lowest BCUT2D eigenvalue weighted by molar-refractivity contribution is -0.144. The van der Waals surface area contributed by atoms with Gasteiger partial charge in [-0.25, -0.2) is 44.3 Å². The first-order chi connectivity index (χ1) is 68.8. The van der Waals surface area contributed by atoms with Crippen molar-refractivity contribution in [3.8, 4) is 33.4 Å². The molecule has 6 aromatic heterocycles. The van der Waals surface area contributed by atoms with Crippen LogP contribution in [0.2, 0.25) is 10.0 Å². The predicted octanol–water partition coefficient (Wildman–Crippen LogP) is 22.7. The number of amides is 3. The van der Waals surface area contributed by atoms with Crippen molar-refractivity contribution in [3.05, 3.63) is 178 Å². The Morgan fingerprint density at radius 1 is 0.345 bits per heavy atom. The number of piperidine rings is 3. The van der Waals surface area contributed by atoms with Gasteiger partial charge in [-0.15, -0.1) is 0 Å². The highest BCUT2D eigenvalue weighted by molar-refractivity contribution is 6.34. The number of anilines is 3. The Labute approximate surface area is 841 Å². The van der Waals surface area contributed by atoms with E-state index in [-0.39, 0.29) is 127 Å². The first-order valence-electron chi connectivity index (χ1n) is 49.1. The number of rotatable bonds is 28. The number of carbonyl (C=O) groups is 6. The van der Waals surface area contributed by atoms with E-state index in [1.807, 2.05) is 70.4 Å². The van der Waals surface area contributed by atoms with E-state index in [1.54, 1.807) is 84.8 Å². The number of benzene rings is 3. The van der Waals surface area contributed by atoms with E-state index >= 15 is 0 Å². The average Bonchev–Trinajstić information content (AvgIpc) is 1.22. The molecule has 3 amide bonds. The molecule has 15 rings (SSSR count). The van der Waals surface area contributed by atoms with Gasteiger partial charge in [0.05, 0.1) is 65.2 Å². The molecule has 9 aromatic rings. The number of aryl methyl sites for hydroxylation is 3. The van der Waals surface area contributed by atoms with Crippen molar-refractivity contribution in [1.29, 1.82) is 0 Å². The van der Waals surface area contributed by atoms with Gasteiger partial charge in [0.1, 0.15) is 12.2 Å². The van der Waals surface area contributed by atoms with Gasteiger partial charge in [0.15, 0.2) is 0 Å². The van der Waals surface area contributed by atoms with Crippen molar-refractivity contribution >= 4 is 77.2 Å². The highest BCUT2D eigenvalue weighted by atomic mass is 35.5. The molecule has 9 atom stereocenters. The molecule has 6 fully saturated rings. The molecule has 0 radical (unpaired) electrons. The van der Waals surface area contributed by atoms with Crippen LogP contribution in [0, 0.1) is 23.7 Å². The van der Waals surface area contributed by atoms with Crippen molar-refractivity contribution in [2.24, 2.45) is 44.8 Å². The Morgan fingerprint density at radius 3 is 0.828 bits per heavy atom. The van der Waals surface area contributed by atoms with E-state index in [9.17, 15) is 96.8 Å². The minimum atomic E-state index is -5.01. The van der Waals surface area contributed by atoms with Gasteiger partial charge < -0.3 is 58.9 Å². The summed E-state index contributed by atoms with van der Waals surface area (Å²) >= 11 is 12.8. The molecule has 30 nitrogen and oxygen atoms in total. The molecule has 44 heteroatoms. The summed E-state index contributed by atoms with van der Waals surface area (Å²) in [4.78, 5) is 113. The Kier molecular flexibility index (Phi) is 36.5. The summed E-state index contributed by atoms with van der Waals surface area (Å²) in [7, 11) is 5.36. The minimum absolute atomic E-state index is 0.0401. The molecule has 3 unspecified atom stereocenters. The van der Waals surface area contributed by atoms with Gasteiger partial charge in [0, 0.05) is 194 Å². The second kappa shape index (κ2) is 48.0. The van der Waals surface area contributed by atoms with Gasteiger partial charge in [-0.3, -0.25) is 28.4 Å². The van der Waals surface area contributed by atoms with Crippen LogP contribution in [-0.4, -0.2) is 199 Å². The van der Waals surface area contributed by atoms with E-state index in [4.69, 9.17) is 47.4 Å². The van der Waals surface area contributed by atoms with Crippen LogP contribution in [0.25, 0.3) is 33.4 Å². The molecular weight excluding hydrogens is 1960 g/mol. The standard InChI is InChI=1S/C35H42F6N6O4.C34H40F6N6O4.C32H40Cl2N6O4/c1-4-28-13-30(14-29(5-2)47(28)33(50)51-20-21-6-8-23(9-7-21)31(48)49)46(32-42-15-24(16-43-32)25-17-44-45(3)19-25)18-22-10-26(34(36,37)38)12-27(11-22)35(39,40)41;1-4-26-13-28(14-27(5-2)46(26)32(49)50-29-8-6-21(7-9-29)30(47)48)45(31-41-15-22(16-42-31)23-17-43-44(3)19-23)18-20-10-24(33(35,36)37)12-25(11-20)34(38,39)40;1-4-26-13-28(14-27(5-2)40(26)32(43)44-29-8-6-21(7-9-29)30(41)42)39(18-20-10-24(33)12-25(34)11-20)31-35-15-22(16-36-31)23-17-37-38(3)19-23/h10-12,15-17,19,21,23,28-30H,4-9,13-14,18,20H2,1-3H3,(H,48,49);10-12,15-17,19,21,26-29H,4-9,13-14,18H2,1-3H3,(H,47,48);10-12,15-17,19,21,26-29H,4-9,13-14,18H2,1-3H3,(H,41,42)/t21?,23?,28-,29+,30?;2*21?,26-,27+,28?,29?. The molecule has 786 valence electrons. The number of ether oxygens (including phenoxy) is 3. The van der Waals surface area contributed by atoms with Crippen LogP contribution in [-0.2, 0) is 94.1 Å². The van der Waals surface area contributed by atoms with Gasteiger partial charge in [-0.2, -0.15) is 68.0 Å². The Morgan fingerprint density at radius 2 is 0.593 bits per heavy atom. The van der Waals surface area contributed by atoms with Crippen LogP contribution in [0.15, 0.2) is 129 Å². The number of hydrogen-bond donors (Lipinski definition) is 3. The summed E-state index contributed by atoms with van der Waals surface area (Å²) in [5.74, 6) is -2.78. The molecule has 3 saturated carbocycles. The number of carboxylic acids is 3. The number of likely N-dealkylation sites (tertiary alicyclic amines) is 3. The minimum Gasteiger partial charge on any atom is -0.481 e. The lowest BCUT2D eigenvalue weighted by Gasteiger charge is -2.47. The second-order valence-electron chi connectivity index (χ2n) is 38.5. The molecule has 9 heterocycles. The molecule has 3 N–H and O–H groups in total. The maximum Gasteiger partial charge on any atom is 0.416 e. The zero-order valence-corrected chi connectivity index (χ0v) is 83.5. The molecule has 6 aliphatic rings. The largest absolute Gasteiger partial charge is 0.481 e. The summed E-state index contributed by atoms with van der Waals surface area (Å²) in [5.41, 5.74) is -0.629. The summed E-state index contributed by atoms with van der Waals surface area (Å²) < 4.78 is 188. The first-order valence-corrected chi connectivity index (χ1v) is 49.9. The van der Waals surface area contributed by atoms with Gasteiger partial charge >= 0.3 is 60.9 Å². The van der Waals surface area contributed by atoms with Crippen LogP contribution in [0.4, 0.5) is 84.9 Å². The first kappa shape index (κ1) is 110. The third kappa shape index (κ3) is 28.4. The van der Waals surface area contributed by atoms with Crippen molar-refractivity contribution in [2.75, 3.05) is 21.3 Å². The van der Waals surface area contributed by atoms with Gasteiger partial charge in [0.25, 0.3) is 0 Å². The van der Waals surface area contributed by atoms with Gasteiger partial charge in [-0.1, -0.05) is 64.7 Å². The number of halogens is 14. The quantitative estimate of drug-likeness (QED) is 0.0303. The van der Waals surface area contributed by atoms with E-state index in [0.717, 1.165) is 65.6 Å². The highest BCUT2D eigenvalue weighted by Gasteiger charge is 2.48. The highest BCUT2D eigenvalue weighted by Crippen LogP contribution is 2.45. The Bertz CT molecular complexity index is 5730. The fraction of sp³-hybridized carbons (Fsp3) is 0.554. The summed E-state index contributed by atoms with van der Waals surface area (Å²) in [6.45, 7) is 11.7. The lowest BCUT2D eigenvalue weighted by Crippen LogP contribution is -2.57. The zero-order chi connectivity index (χ0) is 105. The molecule has 3 aliphatic heterocycles. The van der Waals surface area contributed by atoms with Crippen molar-refractivity contribution in [1.82, 2.24) is 73.9 Å². The average molecular weight is 2080 g/mol. The van der Waals surface area contributed by atoms with Gasteiger partial charge in [0.2, 0.25) is 17.8 Å². The van der Waals surface area contributed by atoms with Crippen molar-refractivity contribution in [3.63, 3.8) is 0 Å². The van der Waals surface area contributed by atoms with Crippen LogP contribution in [0.5, 0.6) is 0 Å². The van der Waals surface area contributed by atoms with Crippen molar-refractivity contribution < 1.29 is 111 Å². The molecule has 3 aromatic carbocycles. The molecule has 3 aliphatic carbocycles. The molecule has 3 saturated heterocycles. The molecular formula is C101H122Cl2F12N18O12. The van der Waals surface area contributed by atoms with Gasteiger partial charge in [-0.05, 0) is 231 Å². The van der Waals surface area contributed by atoms with E-state index in [0.29, 0.717) is 174 Å². The summed E-state index contributed by atoms with van der Waals surface area (Å²) in [6.07, 6.45) is 10.8. The fourth-order valence-electron chi connectivity index (χ4n) is 20.9. The predicted molar refractivity (Wildman–Crippen MR) is 514 cm³/mol. The monoisotopic (exact) mass is 2080 g/mol. The molecule has 145 heavy (non-hydrogen) atoms. The Balaban J connectivity index is 0.000000183. The topological polar surface area (TPSA) is 341 Å². The van der Waals surface area contributed by atoms with Crippen LogP contribution in [0.1, 0.15) is 235 Å². The maximum absolute atomic E-state index is 13.8. The number of aliphatic carboxylic acids is 3. The second-order valence-corrected chi connectivity index (χ2v) is 39.4. The summed E-state index contributed by atoms with van der Waals surface area (Å²) in [6, 6.07) is 6.21. The third-order valence-corrected chi connectivity index (χ3v) is 29.1. The van der Waals surface area contributed by atoms with Crippen LogP contribution < -0.4 is 14.7 Å². The van der Waals surface area contributed by atoms with Crippen LogP contribution >= 0.6 is 23.2 Å². The fourth-order valence-corrected chi connectivity index (χ4v) is 21.4. The number of carboxylic acid groups (broad SMARTS) is 3. The Hall–Kier alpha value is -12.1. The van der Waals surface area contributed by atoms with E-state index in [2.05, 4.69) is 54.0 Å². The van der Waals surface area contributed by atoms with Crippen molar-refractivity contribution in [2.45, 2.75) is 307 Å². The lowest BCUT2D eigenvalue weighted by atomic mass is 9.82. The number of hydrogen-bond acceptors (Lipinski definition) is 21. The number of nitrogens with zero attached hydrogens (tertiary/aromatic N) is 18. The summed E-state index contributed by atoms with van der Waals surface area (Å²) in [5, 5.41) is 41.6. The number of alkyl halides is 12. The molecule has 0 spiro atoms. The van der Waals surface area contributed by atoms with Crippen LogP contribution in [0.3, 0.4) is 0 Å². The molecule has 0 bridgehead atoms. The normalized spacial score (nSPS) is 23.2. The van der Waals surface area contributed by atoms with E-state index < -0.39 is 101 Å². The SMILES string of the molecule is CC[C@@H]1CC(N(Cc2cc(C(F)(F)F)cc(C(F)(F)F)c2)c2ncc(-c3cnn(C)c3)cn2)C[C@H](CC)N1C(=O)OC1CCC(C(=O)O)CC1.CC[C@@H]1CC(N(Cc2cc(C(F)(F)F)cc(C(F)(F)F)c2)c2ncc(-c3cnn(C)c3)cn2)C[C@H](CC)N1C(=O)OCC1CCC(C(=O)O)CC1.CC[C@@H]1CC(N(Cc2cc(Cl)cc(Cl)c2)c2ncc(-c3cnn(C)c3)cn2)C[C@H](CC)N1C(=O)OC1CCC(C(=O)O)CC1. The smallest absolute Gasteiger partial charge is 0.416 e. The maximum atomic E-state index is 13.8. The zero-order valence-electron chi connectivity index (χ0n) is 81.9. The number of aromatic nitrogens is 12. The number of carbonyl (C=O) groups excluding carboxylic acids is 3. The van der Waals surface area contributed by atoms with E-state index in [1.165, 1.54) is 24.8 Å². The third-order valence-electron chi connectivity index (χ3n) is 28.7.